The second-order valence-corrected chi connectivity index (χ2v) is 3.83. The van der Waals surface area contributed by atoms with Crippen molar-refractivity contribution in [1.82, 2.24) is 9.36 Å². The molecule has 0 amide bonds. The zero-order valence-corrected chi connectivity index (χ0v) is 7.92. The average Bonchev–Trinajstić information content (AvgIpc) is 2.34. The Morgan fingerprint density at radius 1 is 1.50 bits per heavy atom. The van der Waals surface area contributed by atoms with Gasteiger partial charge < -0.3 is 0 Å². The molecule has 4 heteroatoms. The number of hydrogen-bond acceptors (Lipinski definition) is 4. The Bertz CT molecular complexity index is 207. The molecule has 0 N–H and O–H groups in total. The molecule has 0 fully saturated rings. The van der Waals surface area contributed by atoms with E-state index in [1.165, 1.54) is 11.5 Å². The van der Waals surface area contributed by atoms with Crippen LogP contribution in [-0.4, -0.2) is 15.6 Å². The smallest absolute Gasteiger partial charge is 0.200 e. The molecule has 10 heavy (non-hydrogen) atoms. The van der Waals surface area contributed by atoms with E-state index < -0.39 is 0 Å². The molecule has 0 bridgehead atoms. The fourth-order valence-electron chi connectivity index (χ4n) is 0.538. The van der Waals surface area contributed by atoms with E-state index in [9.17, 15) is 0 Å². The van der Waals surface area contributed by atoms with Gasteiger partial charge in [-0.3, -0.25) is 0 Å². The van der Waals surface area contributed by atoms with Gasteiger partial charge in [-0.2, -0.15) is 4.37 Å². The van der Waals surface area contributed by atoms with Gasteiger partial charge in [-0.05, 0) is 17.8 Å². The Morgan fingerprint density at radius 2 is 2.20 bits per heavy atom. The summed E-state index contributed by atoms with van der Waals surface area (Å²) in [6, 6.07) is 0. The van der Waals surface area contributed by atoms with Crippen LogP contribution in [0.15, 0.2) is 5.16 Å². The van der Waals surface area contributed by atoms with Crippen molar-refractivity contribution >= 4 is 23.3 Å². The van der Waals surface area contributed by atoms with Crippen LogP contribution in [0.4, 0.5) is 0 Å². The van der Waals surface area contributed by atoms with Gasteiger partial charge in [0.05, 0.1) is 0 Å². The minimum absolute atomic E-state index is 0.512. The third kappa shape index (κ3) is 1.70. The van der Waals surface area contributed by atoms with Crippen molar-refractivity contribution in [2.24, 2.45) is 0 Å². The predicted octanol–water partition coefficient (Wildman–Crippen LogP) is 2.38. The molecule has 1 aromatic rings. The summed E-state index contributed by atoms with van der Waals surface area (Å²) in [5, 5.41) is 2.03. The third-order valence-corrected chi connectivity index (χ3v) is 2.78. The van der Waals surface area contributed by atoms with Crippen LogP contribution >= 0.6 is 23.3 Å². The summed E-state index contributed by atoms with van der Waals surface area (Å²) in [7, 11) is 0. The largest absolute Gasteiger partial charge is 0.214 e. The topological polar surface area (TPSA) is 25.8 Å². The van der Waals surface area contributed by atoms with Gasteiger partial charge in [0.1, 0.15) is 5.01 Å². The minimum atomic E-state index is 0.512. The molecule has 0 aliphatic rings. The Kier molecular flexibility index (Phi) is 2.68. The van der Waals surface area contributed by atoms with E-state index in [1.807, 2.05) is 6.26 Å². The molecule has 0 aliphatic heterocycles. The lowest BCUT2D eigenvalue weighted by atomic mass is 10.2. The lowest BCUT2D eigenvalue weighted by Crippen LogP contribution is -1.83. The summed E-state index contributed by atoms with van der Waals surface area (Å²) in [5.41, 5.74) is 0. The molecule has 0 radical (unpaired) electrons. The van der Waals surface area contributed by atoms with E-state index in [-0.39, 0.29) is 0 Å². The Morgan fingerprint density at radius 3 is 2.50 bits per heavy atom. The van der Waals surface area contributed by atoms with Crippen molar-refractivity contribution in [2.75, 3.05) is 6.26 Å². The fourth-order valence-corrected chi connectivity index (χ4v) is 1.75. The van der Waals surface area contributed by atoms with Gasteiger partial charge in [-0.1, -0.05) is 25.6 Å². The van der Waals surface area contributed by atoms with Crippen molar-refractivity contribution in [3.63, 3.8) is 0 Å². The van der Waals surface area contributed by atoms with Gasteiger partial charge in [-0.25, -0.2) is 4.98 Å². The Balaban J connectivity index is 2.78. The second-order valence-electron chi connectivity index (χ2n) is 2.27. The number of hydrogen-bond donors (Lipinski definition) is 0. The lowest BCUT2D eigenvalue weighted by molar-refractivity contribution is 0.833. The quantitative estimate of drug-likeness (QED) is 0.644. The molecule has 0 atom stereocenters. The summed E-state index contributed by atoms with van der Waals surface area (Å²) in [6.07, 6.45) is 1.99. The Hall–Kier alpha value is -0.0900. The normalized spacial score (nSPS) is 10.8. The maximum Gasteiger partial charge on any atom is 0.200 e. The van der Waals surface area contributed by atoms with Crippen LogP contribution in [0.5, 0.6) is 0 Å². The second kappa shape index (κ2) is 3.34. The molecule has 0 saturated carbocycles. The molecule has 0 unspecified atom stereocenters. The van der Waals surface area contributed by atoms with Crippen LogP contribution < -0.4 is 0 Å². The molecule has 1 heterocycles. The highest BCUT2D eigenvalue weighted by Crippen LogP contribution is 2.19. The van der Waals surface area contributed by atoms with Crippen molar-refractivity contribution in [2.45, 2.75) is 24.9 Å². The van der Waals surface area contributed by atoms with Gasteiger partial charge >= 0.3 is 0 Å². The molecule has 0 saturated heterocycles. The van der Waals surface area contributed by atoms with E-state index in [4.69, 9.17) is 0 Å². The molecule has 0 aromatic carbocycles. The SMILES string of the molecule is CSc1nsc(C(C)C)n1. The van der Waals surface area contributed by atoms with Crippen LogP contribution in [0.25, 0.3) is 0 Å². The van der Waals surface area contributed by atoms with Crippen LogP contribution in [0.2, 0.25) is 0 Å². The van der Waals surface area contributed by atoms with Crippen molar-refractivity contribution in [3.05, 3.63) is 5.01 Å². The number of thioether (sulfide) groups is 1. The first kappa shape index (κ1) is 8.01. The minimum Gasteiger partial charge on any atom is -0.214 e. The first-order valence-electron chi connectivity index (χ1n) is 3.11. The highest BCUT2D eigenvalue weighted by molar-refractivity contribution is 7.98. The molecule has 0 spiro atoms. The monoisotopic (exact) mass is 174 g/mol. The molecule has 1 rings (SSSR count). The molecular weight excluding hydrogens is 164 g/mol. The van der Waals surface area contributed by atoms with Crippen molar-refractivity contribution in [3.8, 4) is 0 Å². The summed E-state index contributed by atoms with van der Waals surface area (Å²) in [4.78, 5) is 4.30. The van der Waals surface area contributed by atoms with Crippen LogP contribution in [0, 0.1) is 0 Å². The van der Waals surface area contributed by atoms with Crippen molar-refractivity contribution in [1.29, 1.82) is 0 Å². The zero-order chi connectivity index (χ0) is 7.56. The third-order valence-electron chi connectivity index (χ3n) is 1.10. The highest BCUT2D eigenvalue weighted by atomic mass is 32.2. The maximum absolute atomic E-state index is 4.30. The standard InChI is InChI=1S/C6H10N2S2/c1-4(2)5-7-6(9-3)8-10-5/h4H,1-3H3. The highest BCUT2D eigenvalue weighted by Gasteiger charge is 2.05. The lowest BCUT2D eigenvalue weighted by Gasteiger charge is -1.93. The number of aromatic nitrogens is 2. The summed E-state index contributed by atoms with van der Waals surface area (Å²) in [6.45, 7) is 4.26. The van der Waals surface area contributed by atoms with E-state index in [1.54, 1.807) is 11.8 Å². The van der Waals surface area contributed by atoms with Crippen molar-refractivity contribution < 1.29 is 0 Å². The fraction of sp³-hybridized carbons (Fsp3) is 0.667. The molecule has 0 aliphatic carbocycles. The maximum atomic E-state index is 4.30. The number of rotatable bonds is 2. The van der Waals surface area contributed by atoms with Gasteiger partial charge in [0.2, 0.25) is 0 Å². The zero-order valence-electron chi connectivity index (χ0n) is 6.29. The summed E-state index contributed by atoms with van der Waals surface area (Å²) >= 11 is 3.10. The van der Waals surface area contributed by atoms with E-state index in [0.29, 0.717) is 5.92 Å². The summed E-state index contributed by atoms with van der Waals surface area (Å²) < 4.78 is 4.15. The van der Waals surface area contributed by atoms with Crippen LogP contribution in [-0.2, 0) is 0 Å². The molecular formula is C6H10N2S2. The first-order valence-corrected chi connectivity index (χ1v) is 5.11. The summed E-state index contributed by atoms with van der Waals surface area (Å²) in [5.74, 6) is 0.512. The molecule has 2 nitrogen and oxygen atoms in total. The van der Waals surface area contributed by atoms with E-state index in [2.05, 4.69) is 23.2 Å². The van der Waals surface area contributed by atoms with E-state index >= 15 is 0 Å². The van der Waals surface area contributed by atoms with Gasteiger partial charge in [0.25, 0.3) is 0 Å². The van der Waals surface area contributed by atoms with Gasteiger partial charge in [0.15, 0.2) is 5.16 Å². The van der Waals surface area contributed by atoms with E-state index in [0.717, 1.165) is 10.2 Å². The first-order chi connectivity index (χ1) is 4.74. The molecule has 56 valence electrons. The van der Waals surface area contributed by atoms with Crippen LogP contribution in [0.1, 0.15) is 24.8 Å². The number of nitrogens with zero attached hydrogens (tertiary/aromatic N) is 2. The van der Waals surface area contributed by atoms with Gasteiger partial charge in [0, 0.05) is 5.92 Å². The Labute approximate surface area is 69.2 Å². The van der Waals surface area contributed by atoms with Gasteiger partial charge in [-0.15, -0.1) is 0 Å². The van der Waals surface area contributed by atoms with Crippen LogP contribution in [0.3, 0.4) is 0 Å². The molecule has 1 aromatic heterocycles. The average molecular weight is 174 g/mol. The predicted molar refractivity (Wildman–Crippen MR) is 45.8 cm³/mol.